The third kappa shape index (κ3) is 3.19. The summed E-state index contributed by atoms with van der Waals surface area (Å²) in [5.41, 5.74) is 0. The first-order valence-electron chi connectivity index (χ1n) is 5.58. The van der Waals surface area contributed by atoms with E-state index in [1.807, 2.05) is 6.92 Å². The molecule has 0 aliphatic carbocycles. The maximum Gasteiger partial charge on any atom is 0.322 e. The molecule has 1 N–H and O–H groups in total. The van der Waals surface area contributed by atoms with Gasteiger partial charge >= 0.3 is 6.01 Å². The molecule has 0 spiro atoms. The van der Waals surface area contributed by atoms with Crippen molar-refractivity contribution in [3.8, 4) is 11.7 Å². The summed E-state index contributed by atoms with van der Waals surface area (Å²) < 4.78 is 11.1. The molecule has 6 nitrogen and oxygen atoms in total. The Kier molecular flexibility index (Phi) is 4.14. The average Bonchev–Trinajstić information content (AvgIpc) is 2.95. The van der Waals surface area contributed by atoms with E-state index in [1.165, 1.54) is 0 Å². The minimum absolute atomic E-state index is 0.0821. The lowest BCUT2D eigenvalue weighted by Crippen LogP contribution is -2.11. The summed E-state index contributed by atoms with van der Waals surface area (Å²) in [7, 11) is 0. The Hall–Kier alpha value is -1.63. The second kappa shape index (κ2) is 5.81. The first-order valence-corrected chi connectivity index (χ1v) is 6.37. The highest BCUT2D eigenvalue weighted by Crippen LogP contribution is 2.24. The smallest absolute Gasteiger partial charge is 0.322 e. The van der Waals surface area contributed by atoms with E-state index in [1.54, 1.807) is 12.1 Å². The number of nitrogens with zero attached hydrogens (tertiary/aromatic N) is 2. The van der Waals surface area contributed by atoms with Gasteiger partial charge in [-0.1, -0.05) is 18.4 Å². The maximum absolute atomic E-state index is 11.5. The first-order chi connectivity index (χ1) is 8.69. The van der Waals surface area contributed by atoms with E-state index in [4.69, 9.17) is 8.83 Å². The van der Waals surface area contributed by atoms with Crippen molar-refractivity contribution in [1.29, 1.82) is 0 Å². The van der Waals surface area contributed by atoms with E-state index in [9.17, 15) is 4.79 Å². The number of amides is 1. The molecule has 2 aromatic heterocycles. The summed E-state index contributed by atoms with van der Waals surface area (Å²) in [4.78, 5) is 11.5. The van der Waals surface area contributed by atoms with Crippen LogP contribution in [0.5, 0.6) is 0 Å². The summed E-state index contributed by atoms with van der Waals surface area (Å²) in [6, 6.07) is 3.50. The van der Waals surface area contributed by atoms with Crippen LogP contribution in [0.4, 0.5) is 6.01 Å². The number of halogens is 1. The van der Waals surface area contributed by atoms with Gasteiger partial charge in [0.05, 0.1) is 0 Å². The molecular formula is C11H12BrN3O3. The zero-order chi connectivity index (χ0) is 13.0. The van der Waals surface area contributed by atoms with Crippen molar-refractivity contribution < 1.29 is 13.6 Å². The Morgan fingerprint density at radius 1 is 1.39 bits per heavy atom. The van der Waals surface area contributed by atoms with E-state index in [0.717, 1.165) is 12.8 Å². The summed E-state index contributed by atoms with van der Waals surface area (Å²) in [5.74, 6) is 0.544. The predicted molar refractivity (Wildman–Crippen MR) is 67.9 cm³/mol. The van der Waals surface area contributed by atoms with Gasteiger partial charge in [-0.05, 0) is 34.5 Å². The molecule has 1 amide bonds. The van der Waals surface area contributed by atoms with Crippen molar-refractivity contribution in [1.82, 2.24) is 10.2 Å². The summed E-state index contributed by atoms with van der Waals surface area (Å²) in [6.45, 7) is 2.02. The first kappa shape index (κ1) is 12.8. The highest BCUT2D eigenvalue weighted by Gasteiger charge is 2.13. The summed E-state index contributed by atoms with van der Waals surface area (Å²) in [5, 5.41) is 10.1. The molecule has 7 heteroatoms. The number of carbonyl (C=O) groups excluding carboxylic acids is 1. The SMILES string of the molecule is CCCCC(=O)Nc1nnc(-c2ccc(Br)o2)o1. The molecule has 0 unspecified atom stereocenters. The highest BCUT2D eigenvalue weighted by atomic mass is 79.9. The minimum Gasteiger partial charge on any atom is -0.444 e. The fourth-order valence-electron chi connectivity index (χ4n) is 1.32. The molecule has 0 radical (unpaired) electrons. The normalized spacial score (nSPS) is 10.6. The van der Waals surface area contributed by atoms with Crippen molar-refractivity contribution >= 4 is 27.9 Å². The van der Waals surface area contributed by atoms with Crippen LogP contribution < -0.4 is 5.32 Å². The van der Waals surface area contributed by atoms with E-state index in [-0.39, 0.29) is 17.8 Å². The molecule has 2 rings (SSSR count). The Bertz CT molecular complexity index is 535. The van der Waals surface area contributed by atoms with Crippen molar-refractivity contribution in [2.45, 2.75) is 26.2 Å². The molecular weight excluding hydrogens is 302 g/mol. The van der Waals surface area contributed by atoms with Gasteiger partial charge in [0.15, 0.2) is 10.4 Å². The number of hydrogen-bond acceptors (Lipinski definition) is 5. The quantitative estimate of drug-likeness (QED) is 0.916. The Morgan fingerprint density at radius 2 is 2.22 bits per heavy atom. The predicted octanol–water partition coefficient (Wildman–Crippen LogP) is 3.22. The zero-order valence-electron chi connectivity index (χ0n) is 9.77. The third-order valence-corrected chi connectivity index (χ3v) is 2.64. The summed E-state index contributed by atoms with van der Waals surface area (Å²) in [6.07, 6.45) is 2.24. The molecule has 18 heavy (non-hydrogen) atoms. The van der Waals surface area contributed by atoms with Crippen molar-refractivity contribution in [3.63, 3.8) is 0 Å². The second-order valence-electron chi connectivity index (χ2n) is 3.67. The molecule has 0 aliphatic rings. The van der Waals surface area contributed by atoms with Gasteiger partial charge in [-0.3, -0.25) is 10.1 Å². The van der Waals surface area contributed by atoms with Crippen LogP contribution in [0.25, 0.3) is 11.7 Å². The Morgan fingerprint density at radius 3 is 2.89 bits per heavy atom. The van der Waals surface area contributed by atoms with Gasteiger partial charge in [0.25, 0.3) is 5.89 Å². The number of rotatable bonds is 5. The van der Waals surface area contributed by atoms with Gasteiger partial charge in [-0.25, -0.2) is 0 Å². The van der Waals surface area contributed by atoms with Crippen LogP contribution in [-0.2, 0) is 4.79 Å². The van der Waals surface area contributed by atoms with E-state index in [2.05, 4.69) is 31.4 Å². The number of unbranched alkanes of at least 4 members (excludes halogenated alkanes) is 1. The molecule has 2 heterocycles. The largest absolute Gasteiger partial charge is 0.444 e. The fourth-order valence-corrected chi connectivity index (χ4v) is 1.63. The molecule has 2 aromatic rings. The van der Waals surface area contributed by atoms with Gasteiger partial charge in [0.1, 0.15) is 0 Å². The lowest BCUT2D eigenvalue weighted by Gasteiger charge is -1.97. The van der Waals surface area contributed by atoms with E-state index in [0.29, 0.717) is 16.9 Å². The molecule has 0 atom stereocenters. The van der Waals surface area contributed by atoms with Gasteiger partial charge < -0.3 is 8.83 Å². The number of nitrogens with one attached hydrogen (secondary N) is 1. The zero-order valence-corrected chi connectivity index (χ0v) is 11.4. The minimum atomic E-state index is -0.132. The van der Waals surface area contributed by atoms with Gasteiger partial charge in [0, 0.05) is 6.42 Å². The fraction of sp³-hybridized carbons (Fsp3) is 0.364. The lowest BCUT2D eigenvalue weighted by molar-refractivity contribution is -0.116. The molecule has 0 aromatic carbocycles. The molecule has 0 saturated heterocycles. The van der Waals surface area contributed by atoms with Crippen molar-refractivity contribution in [2.24, 2.45) is 0 Å². The molecule has 0 bridgehead atoms. The number of furan rings is 1. The average molecular weight is 314 g/mol. The Labute approximate surface area is 112 Å². The second-order valence-corrected chi connectivity index (χ2v) is 4.45. The van der Waals surface area contributed by atoms with Gasteiger partial charge in [0.2, 0.25) is 5.91 Å². The maximum atomic E-state index is 11.5. The third-order valence-electron chi connectivity index (χ3n) is 2.21. The molecule has 0 aliphatic heterocycles. The van der Waals surface area contributed by atoms with Gasteiger partial charge in [-0.15, -0.1) is 5.10 Å². The van der Waals surface area contributed by atoms with Crippen molar-refractivity contribution in [2.75, 3.05) is 5.32 Å². The van der Waals surface area contributed by atoms with Crippen molar-refractivity contribution in [3.05, 3.63) is 16.8 Å². The standard InChI is InChI=1S/C11H12BrN3O3/c1-2-3-4-9(16)13-11-15-14-10(18-11)7-5-6-8(12)17-7/h5-6H,2-4H2,1H3,(H,13,15,16). The lowest BCUT2D eigenvalue weighted by atomic mass is 10.2. The number of hydrogen-bond donors (Lipinski definition) is 1. The molecule has 0 saturated carbocycles. The van der Waals surface area contributed by atoms with Crippen LogP contribution in [0, 0.1) is 0 Å². The number of anilines is 1. The van der Waals surface area contributed by atoms with E-state index >= 15 is 0 Å². The van der Waals surface area contributed by atoms with Crippen LogP contribution in [-0.4, -0.2) is 16.1 Å². The van der Waals surface area contributed by atoms with Crippen LogP contribution in [0.15, 0.2) is 25.6 Å². The topological polar surface area (TPSA) is 81.2 Å². The van der Waals surface area contributed by atoms with Crippen LogP contribution >= 0.6 is 15.9 Å². The molecule has 0 fully saturated rings. The number of aromatic nitrogens is 2. The van der Waals surface area contributed by atoms with Crippen LogP contribution in [0.1, 0.15) is 26.2 Å². The summed E-state index contributed by atoms with van der Waals surface area (Å²) >= 11 is 3.18. The van der Waals surface area contributed by atoms with E-state index < -0.39 is 0 Å². The highest BCUT2D eigenvalue weighted by molar-refractivity contribution is 9.10. The Balaban J connectivity index is 2.00. The van der Waals surface area contributed by atoms with Crippen LogP contribution in [0.2, 0.25) is 0 Å². The molecule has 96 valence electrons. The van der Waals surface area contributed by atoms with Crippen LogP contribution in [0.3, 0.4) is 0 Å². The van der Waals surface area contributed by atoms with Gasteiger partial charge in [-0.2, -0.15) is 0 Å². The monoisotopic (exact) mass is 313 g/mol. The number of carbonyl (C=O) groups is 1.